The minimum absolute atomic E-state index is 0.0833. The molecule has 2 unspecified atom stereocenters. The number of ether oxygens (including phenoxy) is 1. The molecule has 1 aliphatic rings. The zero-order valence-electron chi connectivity index (χ0n) is 16.1. The smallest absolute Gasteiger partial charge is 0.331 e. The molecule has 0 spiro atoms. The number of aromatic amines is 1. The second-order valence-corrected chi connectivity index (χ2v) is 8.45. The van der Waals surface area contributed by atoms with Crippen molar-refractivity contribution in [3.8, 4) is 0 Å². The number of aromatic nitrogens is 2. The highest BCUT2D eigenvalue weighted by Gasteiger charge is 2.31. The molecule has 4 rings (SSSR count). The lowest BCUT2D eigenvalue weighted by atomic mass is 10.2. The third-order valence-electron chi connectivity index (χ3n) is 4.64. The summed E-state index contributed by atoms with van der Waals surface area (Å²) in [6.45, 7) is 3.08. The Balaban J connectivity index is 1.55. The van der Waals surface area contributed by atoms with Gasteiger partial charge in [-0.05, 0) is 38.1 Å². The lowest BCUT2D eigenvalue weighted by Crippen LogP contribution is -2.27. The Hall–Kier alpha value is -3.53. The van der Waals surface area contributed by atoms with Gasteiger partial charge in [-0.25, -0.2) is 18.2 Å². The van der Waals surface area contributed by atoms with Crippen molar-refractivity contribution in [1.29, 1.82) is 0 Å². The van der Waals surface area contributed by atoms with Crippen LogP contribution in [0.5, 0.6) is 0 Å². The summed E-state index contributed by atoms with van der Waals surface area (Å²) in [5, 5.41) is 0.437. The van der Waals surface area contributed by atoms with E-state index >= 15 is 0 Å². The molecule has 2 heterocycles. The molecule has 0 saturated heterocycles. The van der Waals surface area contributed by atoms with E-state index in [0.717, 1.165) is 0 Å². The minimum atomic E-state index is -3.70. The van der Waals surface area contributed by atoms with Crippen LogP contribution in [0.1, 0.15) is 31.3 Å². The van der Waals surface area contributed by atoms with Crippen LogP contribution in [0.15, 0.2) is 63.2 Å². The van der Waals surface area contributed by atoms with Gasteiger partial charge >= 0.3 is 5.97 Å². The lowest BCUT2D eigenvalue weighted by Gasteiger charge is -2.15. The van der Waals surface area contributed by atoms with Crippen LogP contribution < -0.4 is 10.3 Å². The van der Waals surface area contributed by atoms with Crippen LogP contribution in [-0.2, 0) is 19.6 Å². The first-order valence-electron chi connectivity index (χ1n) is 9.16. The first-order valence-corrected chi connectivity index (χ1v) is 10.6. The molecule has 0 radical (unpaired) electrons. The molecule has 0 amide bonds. The molecule has 0 aliphatic carbocycles. The number of nitrogens with zero attached hydrogens (tertiary/aromatic N) is 2. The van der Waals surface area contributed by atoms with Gasteiger partial charge in [0.1, 0.15) is 11.9 Å². The Morgan fingerprint density at radius 3 is 2.60 bits per heavy atom. The number of sulfonamides is 1. The molecular weight excluding hydrogens is 408 g/mol. The summed E-state index contributed by atoms with van der Waals surface area (Å²) < 4.78 is 32.1. The topological polar surface area (TPSA) is 131 Å². The molecule has 10 heteroatoms. The summed E-state index contributed by atoms with van der Waals surface area (Å²) in [6.07, 6.45) is -0.829. The van der Waals surface area contributed by atoms with Crippen LogP contribution in [0, 0.1) is 0 Å². The van der Waals surface area contributed by atoms with Crippen molar-refractivity contribution in [2.24, 2.45) is 4.99 Å². The van der Waals surface area contributed by atoms with Crippen molar-refractivity contribution >= 4 is 32.7 Å². The van der Waals surface area contributed by atoms with E-state index in [9.17, 15) is 18.0 Å². The largest absolute Gasteiger partial charge is 0.453 e. The summed E-state index contributed by atoms with van der Waals surface area (Å²) in [6, 6.07) is 12.2. The second kappa shape index (κ2) is 7.38. The fraction of sp³-hybridized carbons (Fsp3) is 0.200. The summed E-state index contributed by atoms with van der Waals surface area (Å²) in [5.74, 6) is -0.395. The molecule has 2 aromatic carbocycles. The predicted octanol–water partition coefficient (Wildman–Crippen LogP) is 1.65. The maximum Gasteiger partial charge on any atom is 0.331 e. The van der Waals surface area contributed by atoms with Crippen LogP contribution in [0.4, 0.5) is 0 Å². The van der Waals surface area contributed by atoms with E-state index in [1.165, 1.54) is 13.0 Å². The van der Waals surface area contributed by atoms with Gasteiger partial charge in [-0.3, -0.25) is 14.5 Å². The number of rotatable bonds is 4. The van der Waals surface area contributed by atoms with E-state index in [2.05, 4.69) is 19.7 Å². The maximum atomic E-state index is 12.5. The van der Waals surface area contributed by atoms with E-state index in [-0.39, 0.29) is 22.1 Å². The molecule has 154 valence electrons. The van der Waals surface area contributed by atoms with Gasteiger partial charge in [-0.2, -0.15) is 0 Å². The highest BCUT2D eigenvalue weighted by atomic mass is 32.2. The number of nitrogens with one attached hydrogen (secondary N) is 2. The zero-order chi connectivity index (χ0) is 21.5. The number of fused-ring (bicyclic) bond motifs is 2. The summed E-state index contributed by atoms with van der Waals surface area (Å²) >= 11 is 0. The van der Waals surface area contributed by atoms with Crippen LogP contribution in [0.2, 0.25) is 0 Å². The Kier molecular flexibility index (Phi) is 4.86. The zero-order valence-corrected chi connectivity index (χ0v) is 16.9. The second-order valence-electron chi connectivity index (χ2n) is 6.80. The fourth-order valence-electron chi connectivity index (χ4n) is 3.10. The number of para-hydroxylation sites is 1. The number of carbonyl (C=O) groups is 1. The Morgan fingerprint density at radius 1 is 1.10 bits per heavy atom. The Morgan fingerprint density at radius 2 is 1.80 bits per heavy atom. The molecule has 3 aromatic rings. The molecule has 1 aliphatic heterocycles. The number of amidine groups is 1. The van der Waals surface area contributed by atoms with E-state index in [4.69, 9.17) is 4.74 Å². The number of carbonyl (C=O) groups excluding carboxylic acids is 1. The standard InChI is InChI=1S/C20H18N4O5S/c1-11(21-18-14-8-4-6-10-16(14)30(27,28)24-18)20(26)29-12(2)17-22-15-9-5-3-7-13(15)19(25)23-17/h3-12H,1-2H3,(H,21,24)(H,22,23,25). The molecule has 0 fully saturated rings. The maximum absolute atomic E-state index is 12.5. The SMILES string of the molecule is CC(N=C1NS(=O)(=O)c2ccccc21)C(=O)OC(C)c1nc2ccccc2c(=O)[nH]1. The molecule has 1 aromatic heterocycles. The van der Waals surface area contributed by atoms with Gasteiger partial charge in [-0.15, -0.1) is 0 Å². The van der Waals surface area contributed by atoms with Crippen LogP contribution in [-0.4, -0.2) is 36.2 Å². The molecule has 0 bridgehead atoms. The Labute approximate surface area is 171 Å². The monoisotopic (exact) mass is 426 g/mol. The molecule has 2 N–H and O–H groups in total. The quantitative estimate of drug-likeness (QED) is 0.610. The van der Waals surface area contributed by atoms with Crippen molar-refractivity contribution in [2.75, 3.05) is 0 Å². The van der Waals surface area contributed by atoms with Gasteiger partial charge < -0.3 is 9.72 Å². The van der Waals surface area contributed by atoms with Crippen molar-refractivity contribution in [2.45, 2.75) is 30.9 Å². The third-order valence-corrected chi connectivity index (χ3v) is 6.03. The highest BCUT2D eigenvalue weighted by Crippen LogP contribution is 2.23. The van der Waals surface area contributed by atoms with Crippen molar-refractivity contribution in [1.82, 2.24) is 14.7 Å². The van der Waals surface area contributed by atoms with E-state index in [1.807, 2.05) is 0 Å². The first-order chi connectivity index (χ1) is 14.3. The van der Waals surface area contributed by atoms with Crippen LogP contribution in [0.3, 0.4) is 0 Å². The van der Waals surface area contributed by atoms with Gasteiger partial charge in [0.15, 0.2) is 11.9 Å². The van der Waals surface area contributed by atoms with E-state index < -0.39 is 28.1 Å². The van der Waals surface area contributed by atoms with Crippen LogP contribution in [0.25, 0.3) is 10.9 Å². The number of aliphatic imine (C=N–C) groups is 1. The number of hydrogen-bond donors (Lipinski definition) is 2. The lowest BCUT2D eigenvalue weighted by molar-refractivity contribution is -0.150. The summed E-state index contributed by atoms with van der Waals surface area (Å²) in [5.41, 5.74) is 0.555. The van der Waals surface area contributed by atoms with Crippen molar-refractivity contribution in [3.05, 3.63) is 70.3 Å². The number of esters is 1. The summed E-state index contributed by atoms with van der Waals surface area (Å²) in [7, 11) is -3.70. The normalized spacial score (nSPS) is 17.9. The number of H-pyrrole nitrogens is 1. The van der Waals surface area contributed by atoms with Gasteiger partial charge in [0, 0.05) is 5.56 Å². The van der Waals surface area contributed by atoms with Gasteiger partial charge in [0.05, 0.1) is 15.8 Å². The van der Waals surface area contributed by atoms with E-state index in [0.29, 0.717) is 16.5 Å². The van der Waals surface area contributed by atoms with Crippen molar-refractivity contribution in [3.63, 3.8) is 0 Å². The van der Waals surface area contributed by atoms with E-state index in [1.54, 1.807) is 49.4 Å². The molecule has 30 heavy (non-hydrogen) atoms. The first kappa shape index (κ1) is 19.8. The van der Waals surface area contributed by atoms with Gasteiger partial charge in [-0.1, -0.05) is 24.3 Å². The number of benzene rings is 2. The van der Waals surface area contributed by atoms with Crippen LogP contribution >= 0.6 is 0 Å². The highest BCUT2D eigenvalue weighted by molar-refractivity contribution is 7.90. The van der Waals surface area contributed by atoms with Crippen molar-refractivity contribution < 1.29 is 17.9 Å². The fourth-order valence-corrected chi connectivity index (χ4v) is 4.34. The van der Waals surface area contributed by atoms with Gasteiger partial charge in [0.2, 0.25) is 0 Å². The molecule has 0 saturated carbocycles. The molecular formula is C20H18N4O5S. The molecule has 9 nitrogen and oxygen atoms in total. The average Bonchev–Trinajstić information content (AvgIpc) is 2.98. The average molecular weight is 426 g/mol. The van der Waals surface area contributed by atoms with Gasteiger partial charge in [0.25, 0.3) is 15.6 Å². The Bertz CT molecular complexity index is 1350. The predicted molar refractivity (Wildman–Crippen MR) is 110 cm³/mol. The minimum Gasteiger partial charge on any atom is -0.453 e. The third kappa shape index (κ3) is 3.57. The summed E-state index contributed by atoms with van der Waals surface area (Å²) in [4.78, 5) is 36.0. The number of hydrogen-bond acceptors (Lipinski definition) is 7. The molecule has 2 atom stereocenters.